The summed E-state index contributed by atoms with van der Waals surface area (Å²) >= 11 is 0. The average Bonchev–Trinajstić information content (AvgIpc) is 2.75. The van der Waals surface area contributed by atoms with Gasteiger partial charge in [0.05, 0.1) is 4.90 Å². The summed E-state index contributed by atoms with van der Waals surface area (Å²) in [4.78, 5) is 28.7. The molecule has 2 heterocycles. The smallest absolute Gasteiger partial charge is 0.317 e. The Labute approximate surface area is 185 Å². The van der Waals surface area contributed by atoms with Crippen LogP contribution in [0.2, 0.25) is 0 Å². The van der Waals surface area contributed by atoms with Crippen molar-refractivity contribution in [2.24, 2.45) is 5.92 Å². The topological polar surface area (TPSA) is 90.0 Å². The van der Waals surface area contributed by atoms with E-state index in [1.54, 1.807) is 17.9 Å². The molecule has 9 heteroatoms. The maximum Gasteiger partial charge on any atom is 0.317 e. The molecule has 0 aromatic heterocycles. The molecule has 2 aliphatic heterocycles. The van der Waals surface area contributed by atoms with E-state index in [1.807, 2.05) is 37.8 Å². The Bertz CT molecular complexity index is 915. The first kappa shape index (κ1) is 23.5. The summed E-state index contributed by atoms with van der Waals surface area (Å²) in [5.74, 6) is 0.147. The standard InChI is InChI=1S/C22H34N4O4S/c1-16(2)21(27)24-9-7-19(8-10-24)23-22(28)25-11-13-26(14-12-25)31(29,30)20-15-17(3)5-6-18(20)4/h5-6,15-16,19H,7-14H2,1-4H3,(H,23,28). The van der Waals surface area contributed by atoms with Crippen molar-refractivity contribution in [2.45, 2.75) is 51.5 Å². The summed E-state index contributed by atoms with van der Waals surface area (Å²) in [5.41, 5.74) is 1.64. The minimum atomic E-state index is -3.58. The summed E-state index contributed by atoms with van der Waals surface area (Å²) in [6, 6.07) is 5.32. The highest BCUT2D eigenvalue weighted by Crippen LogP contribution is 2.22. The Balaban J connectivity index is 1.51. The van der Waals surface area contributed by atoms with Crippen LogP contribution in [0, 0.1) is 19.8 Å². The number of nitrogens with one attached hydrogen (secondary N) is 1. The quantitative estimate of drug-likeness (QED) is 0.759. The molecule has 31 heavy (non-hydrogen) atoms. The van der Waals surface area contributed by atoms with Gasteiger partial charge in [0, 0.05) is 51.2 Å². The molecule has 0 aliphatic carbocycles. The fourth-order valence-electron chi connectivity index (χ4n) is 4.13. The van der Waals surface area contributed by atoms with E-state index < -0.39 is 10.0 Å². The highest BCUT2D eigenvalue weighted by molar-refractivity contribution is 7.89. The second-order valence-electron chi connectivity index (χ2n) is 8.86. The predicted octanol–water partition coefficient (Wildman–Crippen LogP) is 1.97. The number of piperazine rings is 1. The van der Waals surface area contributed by atoms with Crippen molar-refractivity contribution in [1.82, 2.24) is 19.4 Å². The number of nitrogens with zero attached hydrogens (tertiary/aromatic N) is 3. The number of carbonyl (C=O) groups is 2. The molecule has 0 bridgehead atoms. The van der Waals surface area contributed by atoms with Gasteiger partial charge in [-0.1, -0.05) is 26.0 Å². The molecule has 2 fully saturated rings. The fraction of sp³-hybridized carbons (Fsp3) is 0.636. The Morgan fingerprint density at radius 1 is 0.968 bits per heavy atom. The van der Waals surface area contributed by atoms with E-state index >= 15 is 0 Å². The van der Waals surface area contributed by atoms with Gasteiger partial charge in [-0.05, 0) is 43.9 Å². The predicted molar refractivity (Wildman–Crippen MR) is 119 cm³/mol. The van der Waals surface area contributed by atoms with Crippen molar-refractivity contribution in [3.8, 4) is 0 Å². The fourth-order valence-corrected chi connectivity index (χ4v) is 5.86. The van der Waals surface area contributed by atoms with Crippen molar-refractivity contribution < 1.29 is 18.0 Å². The molecule has 0 unspecified atom stereocenters. The second kappa shape index (κ2) is 9.56. The van der Waals surface area contributed by atoms with Crippen LogP contribution in [0.1, 0.15) is 37.8 Å². The molecule has 8 nitrogen and oxygen atoms in total. The Morgan fingerprint density at radius 2 is 1.58 bits per heavy atom. The zero-order chi connectivity index (χ0) is 22.8. The van der Waals surface area contributed by atoms with Crippen LogP contribution in [-0.2, 0) is 14.8 Å². The lowest BCUT2D eigenvalue weighted by atomic mass is 10.0. The first-order valence-electron chi connectivity index (χ1n) is 11.0. The van der Waals surface area contributed by atoms with Crippen LogP contribution >= 0.6 is 0 Å². The molecule has 0 saturated carbocycles. The Morgan fingerprint density at radius 3 is 2.16 bits per heavy atom. The number of rotatable bonds is 4. The Kier molecular flexibility index (Phi) is 7.26. The zero-order valence-corrected chi connectivity index (χ0v) is 19.7. The van der Waals surface area contributed by atoms with Gasteiger partial charge in [-0.25, -0.2) is 13.2 Å². The summed E-state index contributed by atoms with van der Waals surface area (Å²) in [7, 11) is -3.58. The molecular formula is C22H34N4O4S. The highest BCUT2D eigenvalue weighted by atomic mass is 32.2. The van der Waals surface area contributed by atoms with Gasteiger partial charge in [0.2, 0.25) is 15.9 Å². The summed E-state index contributed by atoms with van der Waals surface area (Å²) in [6.45, 7) is 10.1. The maximum atomic E-state index is 13.1. The van der Waals surface area contributed by atoms with E-state index in [4.69, 9.17) is 0 Å². The molecule has 2 aliphatic rings. The van der Waals surface area contributed by atoms with Crippen LogP contribution in [0.15, 0.2) is 23.1 Å². The van der Waals surface area contributed by atoms with Crippen molar-refractivity contribution in [2.75, 3.05) is 39.3 Å². The van der Waals surface area contributed by atoms with Crippen LogP contribution in [0.25, 0.3) is 0 Å². The number of piperidine rings is 1. The van der Waals surface area contributed by atoms with Crippen molar-refractivity contribution >= 4 is 22.0 Å². The molecular weight excluding hydrogens is 416 g/mol. The number of benzene rings is 1. The first-order chi connectivity index (χ1) is 14.6. The number of sulfonamides is 1. The number of hydrogen-bond acceptors (Lipinski definition) is 4. The molecule has 1 aromatic rings. The van der Waals surface area contributed by atoms with Crippen molar-refractivity contribution in [3.63, 3.8) is 0 Å². The largest absolute Gasteiger partial charge is 0.342 e. The van der Waals surface area contributed by atoms with E-state index in [-0.39, 0.29) is 37.0 Å². The molecule has 0 radical (unpaired) electrons. The lowest BCUT2D eigenvalue weighted by molar-refractivity contribution is -0.135. The SMILES string of the molecule is Cc1ccc(C)c(S(=O)(=O)N2CCN(C(=O)NC3CCN(C(=O)C(C)C)CC3)CC2)c1. The summed E-state index contributed by atoms with van der Waals surface area (Å²) < 4.78 is 27.6. The summed E-state index contributed by atoms with van der Waals surface area (Å²) in [5, 5.41) is 3.06. The lowest BCUT2D eigenvalue weighted by Gasteiger charge is -2.37. The van der Waals surface area contributed by atoms with E-state index in [9.17, 15) is 18.0 Å². The van der Waals surface area contributed by atoms with Gasteiger partial charge in [0.15, 0.2) is 0 Å². The van der Waals surface area contributed by atoms with Crippen molar-refractivity contribution in [1.29, 1.82) is 0 Å². The van der Waals surface area contributed by atoms with Gasteiger partial charge < -0.3 is 15.1 Å². The molecule has 0 atom stereocenters. The van der Waals surface area contributed by atoms with Crippen molar-refractivity contribution in [3.05, 3.63) is 29.3 Å². The number of likely N-dealkylation sites (tertiary alicyclic amines) is 1. The van der Waals surface area contributed by atoms with E-state index in [0.29, 0.717) is 31.1 Å². The molecule has 1 N–H and O–H groups in total. The first-order valence-corrected chi connectivity index (χ1v) is 12.4. The third-order valence-corrected chi connectivity index (χ3v) is 8.16. The minimum absolute atomic E-state index is 0.0118. The summed E-state index contributed by atoms with van der Waals surface area (Å²) in [6.07, 6.45) is 1.48. The highest BCUT2D eigenvalue weighted by Gasteiger charge is 2.32. The monoisotopic (exact) mass is 450 g/mol. The van der Waals surface area contributed by atoms with Gasteiger partial charge in [0.25, 0.3) is 0 Å². The number of carbonyl (C=O) groups excluding carboxylic acids is 2. The third-order valence-electron chi connectivity index (χ3n) is 6.12. The number of aryl methyl sites for hydroxylation is 2. The van der Waals surface area contributed by atoms with Crippen LogP contribution in [0.3, 0.4) is 0 Å². The second-order valence-corrected chi connectivity index (χ2v) is 10.8. The maximum absolute atomic E-state index is 13.1. The minimum Gasteiger partial charge on any atom is -0.342 e. The van der Waals surface area contributed by atoms with Crippen LogP contribution < -0.4 is 5.32 Å². The molecule has 1 aromatic carbocycles. The van der Waals surface area contributed by atoms with Gasteiger partial charge in [0.1, 0.15) is 0 Å². The lowest BCUT2D eigenvalue weighted by Crippen LogP contribution is -2.56. The number of hydrogen-bond donors (Lipinski definition) is 1. The van der Waals surface area contributed by atoms with Gasteiger partial charge in [-0.15, -0.1) is 0 Å². The van der Waals surface area contributed by atoms with Gasteiger partial charge >= 0.3 is 6.03 Å². The van der Waals surface area contributed by atoms with Crippen LogP contribution in [0.5, 0.6) is 0 Å². The van der Waals surface area contributed by atoms with Gasteiger partial charge in [-0.2, -0.15) is 4.31 Å². The van der Waals surface area contributed by atoms with Crippen LogP contribution in [-0.4, -0.2) is 79.8 Å². The third kappa shape index (κ3) is 5.38. The van der Waals surface area contributed by atoms with E-state index in [2.05, 4.69) is 5.32 Å². The van der Waals surface area contributed by atoms with E-state index in [0.717, 1.165) is 24.0 Å². The Hall–Kier alpha value is -2.13. The number of urea groups is 1. The molecule has 2 saturated heterocycles. The van der Waals surface area contributed by atoms with Crippen LogP contribution in [0.4, 0.5) is 4.79 Å². The molecule has 3 amide bonds. The van der Waals surface area contributed by atoms with E-state index in [1.165, 1.54) is 4.31 Å². The van der Waals surface area contributed by atoms with Gasteiger partial charge in [-0.3, -0.25) is 4.79 Å². The normalized spacial score (nSPS) is 19.0. The zero-order valence-electron chi connectivity index (χ0n) is 18.9. The average molecular weight is 451 g/mol. The number of amides is 3. The molecule has 0 spiro atoms. The molecule has 172 valence electrons. The molecule has 3 rings (SSSR count).